The van der Waals surface area contributed by atoms with Gasteiger partial charge >= 0.3 is 0 Å². The van der Waals surface area contributed by atoms with Gasteiger partial charge in [-0.25, -0.2) is 0 Å². The predicted molar refractivity (Wildman–Crippen MR) is 85.7 cm³/mol. The third-order valence-electron chi connectivity index (χ3n) is 3.50. The summed E-state index contributed by atoms with van der Waals surface area (Å²) < 4.78 is 6.14. The number of nitrogens with two attached hydrogens (primary N) is 1. The Morgan fingerprint density at radius 2 is 1.80 bits per heavy atom. The summed E-state index contributed by atoms with van der Waals surface area (Å²) in [5.74, 6) is 0. The van der Waals surface area contributed by atoms with Gasteiger partial charge in [0.05, 0.1) is 21.9 Å². The van der Waals surface area contributed by atoms with Crippen LogP contribution in [0.1, 0.15) is 33.3 Å². The maximum absolute atomic E-state index is 6.46. The Morgan fingerprint density at radius 1 is 1.20 bits per heavy atom. The van der Waals surface area contributed by atoms with Crippen molar-refractivity contribution in [1.82, 2.24) is 0 Å². The molecule has 0 amide bonds. The number of halogens is 1. The number of hydrogen-bond acceptors (Lipinski definition) is 3. The number of benzene rings is 1. The molecule has 1 heterocycles. The molecule has 0 aromatic heterocycles. The van der Waals surface area contributed by atoms with Crippen LogP contribution in [-0.2, 0) is 11.2 Å². The molecule has 0 atom stereocenters. The molecular formula is C16H25ClN2O. The quantitative estimate of drug-likeness (QED) is 0.930. The molecule has 0 bridgehead atoms. The highest BCUT2D eigenvalue weighted by Gasteiger charge is 2.39. The molecule has 0 saturated carbocycles. The highest BCUT2D eigenvalue weighted by atomic mass is 35.5. The Bertz CT molecular complexity index is 469. The molecule has 0 spiro atoms. The van der Waals surface area contributed by atoms with Gasteiger partial charge in [0.15, 0.2) is 0 Å². The van der Waals surface area contributed by atoms with Crippen LogP contribution in [0.4, 0.5) is 5.69 Å². The molecule has 3 nitrogen and oxygen atoms in total. The zero-order chi connectivity index (χ0) is 15.0. The van der Waals surface area contributed by atoms with E-state index in [0.29, 0.717) is 6.54 Å². The fourth-order valence-electron chi connectivity index (χ4n) is 3.22. The Labute approximate surface area is 127 Å². The van der Waals surface area contributed by atoms with Gasteiger partial charge in [-0.2, -0.15) is 0 Å². The smallest absolute Gasteiger partial charge is 0.0808 e. The Hall–Kier alpha value is -0.770. The topological polar surface area (TPSA) is 38.5 Å². The number of anilines is 1. The minimum Gasteiger partial charge on any atom is -0.366 e. The van der Waals surface area contributed by atoms with E-state index in [1.165, 1.54) is 5.56 Å². The first-order valence-corrected chi connectivity index (χ1v) is 7.54. The van der Waals surface area contributed by atoms with Crippen molar-refractivity contribution in [3.05, 3.63) is 28.8 Å². The summed E-state index contributed by atoms with van der Waals surface area (Å²) >= 11 is 6.46. The molecule has 112 valence electrons. The molecule has 1 aliphatic heterocycles. The van der Waals surface area contributed by atoms with Crippen molar-refractivity contribution in [2.45, 2.75) is 45.3 Å². The number of hydrogen-bond donors (Lipinski definition) is 1. The molecule has 0 unspecified atom stereocenters. The van der Waals surface area contributed by atoms with Gasteiger partial charge in [0, 0.05) is 13.1 Å². The molecule has 0 radical (unpaired) electrons. The van der Waals surface area contributed by atoms with Crippen molar-refractivity contribution < 1.29 is 4.74 Å². The van der Waals surface area contributed by atoms with Gasteiger partial charge in [0.2, 0.25) is 0 Å². The average molecular weight is 297 g/mol. The van der Waals surface area contributed by atoms with Crippen LogP contribution in [0, 0.1) is 0 Å². The van der Waals surface area contributed by atoms with E-state index in [0.717, 1.165) is 30.2 Å². The van der Waals surface area contributed by atoms with E-state index in [2.05, 4.69) is 38.7 Å². The van der Waals surface area contributed by atoms with Gasteiger partial charge in [-0.15, -0.1) is 0 Å². The van der Waals surface area contributed by atoms with Crippen LogP contribution < -0.4 is 10.6 Å². The first-order chi connectivity index (χ1) is 9.24. The first kappa shape index (κ1) is 15.6. The summed E-state index contributed by atoms with van der Waals surface area (Å²) in [6.45, 7) is 10.8. The summed E-state index contributed by atoms with van der Waals surface area (Å²) in [6, 6.07) is 6.06. The Balaban J connectivity index is 2.40. The molecule has 2 N–H and O–H groups in total. The minimum atomic E-state index is -0.194. The highest BCUT2D eigenvalue weighted by molar-refractivity contribution is 6.33. The van der Waals surface area contributed by atoms with E-state index < -0.39 is 0 Å². The Kier molecular flexibility index (Phi) is 4.33. The monoisotopic (exact) mass is 296 g/mol. The van der Waals surface area contributed by atoms with Crippen molar-refractivity contribution in [3.63, 3.8) is 0 Å². The van der Waals surface area contributed by atoms with Crippen molar-refractivity contribution >= 4 is 17.3 Å². The molecule has 2 rings (SSSR count). The van der Waals surface area contributed by atoms with Crippen molar-refractivity contribution in [2.24, 2.45) is 5.73 Å². The van der Waals surface area contributed by atoms with Gasteiger partial charge in [-0.3, -0.25) is 0 Å². The normalized spacial score (nSPS) is 21.0. The molecule has 1 aromatic rings. The van der Waals surface area contributed by atoms with E-state index in [1.807, 2.05) is 12.1 Å². The SMILES string of the molecule is CC1(C)CN(c2c(Cl)cccc2CCN)CC(C)(C)O1. The lowest BCUT2D eigenvalue weighted by atomic mass is 9.97. The fourth-order valence-corrected chi connectivity index (χ4v) is 3.53. The molecule has 1 fully saturated rings. The van der Waals surface area contributed by atoms with Crippen LogP contribution in [0.2, 0.25) is 5.02 Å². The van der Waals surface area contributed by atoms with Crippen LogP contribution in [0.15, 0.2) is 18.2 Å². The van der Waals surface area contributed by atoms with Crippen LogP contribution >= 0.6 is 11.6 Å². The lowest BCUT2D eigenvalue weighted by Crippen LogP contribution is -2.57. The highest BCUT2D eigenvalue weighted by Crippen LogP contribution is 2.37. The average Bonchev–Trinajstić information content (AvgIpc) is 2.24. The lowest BCUT2D eigenvalue weighted by molar-refractivity contribution is -0.133. The predicted octanol–water partition coefficient (Wildman–Crippen LogP) is 3.24. The van der Waals surface area contributed by atoms with Crippen LogP contribution in [0.3, 0.4) is 0 Å². The third-order valence-corrected chi connectivity index (χ3v) is 3.80. The number of para-hydroxylation sites is 1. The van der Waals surface area contributed by atoms with Gasteiger partial charge < -0.3 is 15.4 Å². The van der Waals surface area contributed by atoms with E-state index in [-0.39, 0.29) is 11.2 Å². The first-order valence-electron chi connectivity index (χ1n) is 7.17. The van der Waals surface area contributed by atoms with Gasteiger partial charge in [0.1, 0.15) is 0 Å². The summed E-state index contributed by atoms with van der Waals surface area (Å²) in [5.41, 5.74) is 7.67. The van der Waals surface area contributed by atoms with E-state index in [4.69, 9.17) is 22.1 Å². The molecule has 20 heavy (non-hydrogen) atoms. The second kappa shape index (κ2) is 5.55. The minimum absolute atomic E-state index is 0.194. The zero-order valence-electron chi connectivity index (χ0n) is 12.9. The molecular weight excluding hydrogens is 272 g/mol. The lowest BCUT2D eigenvalue weighted by Gasteiger charge is -2.48. The van der Waals surface area contributed by atoms with Gasteiger partial charge in [-0.1, -0.05) is 23.7 Å². The van der Waals surface area contributed by atoms with Crippen molar-refractivity contribution in [3.8, 4) is 0 Å². The number of ether oxygens (including phenoxy) is 1. The van der Waals surface area contributed by atoms with Crippen LogP contribution in [0.25, 0.3) is 0 Å². The molecule has 1 saturated heterocycles. The Morgan fingerprint density at radius 3 is 2.35 bits per heavy atom. The second-order valence-electron chi connectivity index (χ2n) is 6.76. The summed E-state index contributed by atoms with van der Waals surface area (Å²) in [4.78, 5) is 2.34. The number of morpholine rings is 1. The van der Waals surface area contributed by atoms with Crippen LogP contribution in [0.5, 0.6) is 0 Å². The van der Waals surface area contributed by atoms with Crippen LogP contribution in [-0.4, -0.2) is 30.8 Å². The fraction of sp³-hybridized carbons (Fsp3) is 0.625. The van der Waals surface area contributed by atoms with E-state index in [9.17, 15) is 0 Å². The standard InChI is InChI=1S/C16H25ClN2O/c1-15(2)10-19(11-16(3,4)20-15)14-12(8-9-18)6-5-7-13(14)17/h5-7H,8-11,18H2,1-4H3. The van der Waals surface area contributed by atoms with Crippen molar-refractivity contribution in [1.29, 1.82) is 0 Å². The summed E-state index contributed by atoms with van der Waals surface area (Å²) in [7, 11) is 0. The molecule has 0 aliphatic carbocycles. The summed E-state index contributed by atoms with van der Waals surface area (Å²) in [6.07, 6.45) is 0.841. The second-order valence-corrected chi connectivity index (χ2v) is 7.17. The van der Waals surface area contributed by atoms with E-state index >= 15 is 0 Å². The third kappa shape index (κ3) is 3.46. The molecule has 1 aromatic carbocycles. The maximum Gasteiger partial charge on any atom is 0.0808 e. The molecule has 4 heteroatoms. The largest absolute Gasteiger partial charge is 0.366 e. The van der Waals surface area contributed by atoms with Gasteiger partial charge in [0.25, 0.3) is 0 Å². The number of nitrogens with zero attached hydrogens (tertiary/aromatic N) is 1. The summed E-state index contributed by atoms with van der Waals surface area (Å²) in [5, 5.41) is 0.796. The number of rotatable bonds is 3. The molecule has 1 aliphatic rings. The van der Waals surface area contributed by atoms with Gasteiger partial charge in [-0.05, 0) is 52.3 Å². The van der Waals surface area contributed by atoms with Crippen molar-refractivity contribution in [2.75, 3.05) is 24.5 Å². The maximum atomic E-state index is 6.46. The zero-order valence-corrected chi connectivity index (χ0v) is 13.6. The van der Waals surface area contributed by atoms with E-state index in [1.54, 1.807) is 0 Å².